The van der Waals surface area contributed by atoms with Crippen molar-refractivity contribution in [2.75, 3.05) is 34.4 Å². The lowest BCUT2D eigenvalue weighted by Crippen LogP contribution is -2.34. The van der Waals surface area contributed by atoms with Gasteiger partial charge in [-0.25, -0.2) is 0 Å². The molecule has 1 aliphatic rings. The molecule has 1 rings (SSSR count). The Morgan fingerprint density at radius 1 is 1.50 bits per heavy atom. The van der Waals surface area contributed by atoms with E-state index >= 15 is 0 Å². The standard InChI is InChI=1S/C5H9NO2.C4H12NO/c7-5(8)4-2-1-3-6-4;1-5(2,3)4-6/h4,6H,1-3H2,(H,7,8);6H,4H2,1-3H3/q;+1/t4-;/m0./s1. The summed E-state index contributed by atoms with van der Waals surface area (Å²) in [6.07, 6.45) is 1.78. The number of aliphatic carboxylic acids is 1. The third-order valence-corrected chi connectivity index (χ3v) is 1.78. The normalized spacial score (nSPS) is 21.3. The zero-order valence-electron chi connectivity index (χ0n) is 9.16. The van der Waals surface area contributed by atoms with Crippen LogP contribution in [-0.4, -0.2) is 61.1 Å². The predicted octanol–water partition coefficient (Wildman–Crippen LogP) is -0.535. The smallest absolute Gasteiger partial charge is 0.320 e. The zero-order valence-corrected chi connectivity index (χ0v) is 9.16. The summed E-state index contributed by atoms with van der Waals surface area (Å²) in [5.41, 5.74) is 0. The lowest BCUT2D eigenvalue weighted by molar-refractivity contribution is -0.889. The fraction of sp³-hybridized carbons (Fsp3) is 0.889. The van der Waals surface area contributed by atoms with E-state index < -0.39 is 5.97 Å². The Morgan fingerprint density at radius 2 is 2.00 bits per heavy atom. The fourth-order valence-electron chi connectivity index (χ4n) is 0.895. The van der Waals surface area contributed by atoms with Gasteiger partial charge in [0.05, 0.1) is 21.1 Å². The van der Waals surface area contributed by atoms with Gasteiger partial charge >= 0.3 is 5.97 Å². The van der Waals surface area contributed by atoms with Gasteiger partial charge in [-0.3, -0.25) is 4.79 Å². The molecule has 0 aromatic rings. The minimum absolute atomic E-state index is 0.208. The number of nitrogens with zero attached hydrogens (tertiary/aromatic N) is 1. The Bertz CT molecular complexity index is 171. The van der Waals surface area contributed by atoms with E-state index in [9.17, 15) is 4.79 Å². The second kappa shape index (κ2) is 5.95. The average Bonchev–Trinajstić information content (AvgIpc) is 2.56. The summed E-state index contributed by atoms with van der Waals surface area (Å²) >= 11 is 0. The Kier molecular flexibility index (Phi) is 5.68. The van der Waals surface area contributed by atoms with E-state index in [4.69, 9.17) is 10.2 Å². The number of hydrogen-bond donors (Lipinski definition) is 3. The van der Waals surface area contributed by atoms with E-state index in [0.29, 0.717) is 4.48 Å². The maximum atomic E-state index is 10.1. The molecule has 0 bridgehead atoms. The lowest BCUT2D eigenvalue weighted by atomic mass is 10.2. The monoisotopic (exact) mass is 205 g/mol. The molecule has 3 N–H and O–H groups in total. The summed E-state index contributed by atoms with van der Waals surface area (Å²) in [6.45, 7) is 1.07. The molecule has 0 spiro atoms. The van der Waals surface area contributed by atoms with E-state index in [2.05, 4.69) is 5.32 Å². The van der Waals surface area contributed by atoms with Crippen molar-refractivity contribution in [2.45, 2.75) is 18.9 Å². The van der Waals surface area contributed by atoms with Crippen molar-refractivity contribution in [3.8, 4) is 0 Å². The molecular weight excluding hydrogens is 184 g/mol. The molecule has 0 aromatic heterocycles. The van der Waals surface area contributed by atoms with Crippen LogP contribution in [-0.2, 0) is 4.79 Å². The van der Waals surface area contributed by atoms with Crippen LogP contribution in [0.5, 0.6) is 0 Å². The van der Waals surface area contributed by atoms with Crippen molar-refractivity contribution in [3.05, 3.63) is 0 Å². The lowest BCUT2D eigenvalue weighted by Gasteiger charge is -2.19. The van der Waals surface area contributed by atoms with Gasteiger partial charge in [0.1, 0.15) is 6.04 Å². The van der Waals surface area contributed by atoms with Crippen LogP contribution in [0.15, 0.2) is 0 Å². The number of carbonyl (C=O) groups is 1. The van der Waals surface area contributed by atoms with Crippen LogP contribution in [0, 0.1) is 0 Å². The van der Waals surface area contributed by atoms with Gasteiger partial charge < -0.3 is 20.0 Å². The molecule has 0 saturated carbocycles. The van der Waals surface area contributed by atoms with E-state index in [1.165, 1.54) is 0 Å². The van der Waals surface area contributed by atoms with Crippen molar-refractivity contribution in [2.24, 2.45) is 0 Å². The van der Waals surface area contributed by atoms with Crippen molar-refractivity contribution < 1.29 is 19.5 Å². The first kappa shape index (κ1) is 13.4. The topological polar surface area (TPSA) is 69.6 Å². The van der Waals surface area contributed by atoms with Crippen LogP contribution < -0.4 is 5.32 Å². The van der Waals surface area contributed by atoms with E-state index in [-0.39, 0.29) is 12.8 Å². The van der Waals surface area contributed by atoms with E-state index in [0.717, 1.165) is 19.4 Å². The Morgan fingerprint density at radius 3 is 2.14 bits per heavy atom. The largest absolute Gasteiger partial charge is 0.480 e. The van der Waals surface area contributed by atoms with Gasteiger partial charge in [0.15, 0.2) is 6.73 Å². The van der Waals surface area contributed by atoms with Gasteiger partial charge in [-0.15, -0.1) is 0 Å². The average molecular weight is 205 g/mol. The molecule has 1 saturated heterocycles. The quantitative estimate of drug-likeness (QED) is 0.418. The van der Waals surface area contributed by atoms with Crippen molar-refractivity contribution >= 4 is 5.97 Å². The summed E-state index contributed by atoms with van der Waals surface area (Å²) in [7, 11) is 5.79. The van der Waals surface area contributed by atoms with Crippen molar-refractivity contribution in [1.82, 2.24) is 5.32 Å². The molecule has 0 radical (unpaired) electrons. The number of aliphatic hydroxyl groups is 1. The number of aliphatic hydroxyl groups excluding tert-OH is 1. The van der Waals surface area contributed by atoms with Crippen LogP contribution in [0.3, 0.4) is 0 Å². The predicted molar refractivity (Wildman–Crippen MR) is 53.8 cm³/mol. The van der Waals surface area contributed by atoms with Gasteiger partial charge in [-0.2, -0.15) is 0 Å². The third kappa shape index (κ3) is 6.82. The molecule has 0 amide bonds. The molecule has 1 fully saturated rings. The minimum Gasteiger partial charge on any atom is -0.480 e. The Hall–Kier alpha value is -0.650. The van der Waals surface area contributed by atoms with Crippen LogP contribution in [0.4, 0.5) is 0 Å². The molecule has 14 heavy (non-hydrogen) atoms. The summed E-state index contributed by atoms with van der Waals surface area (Å²) in [5, 5.41) is 19.6. The van der Waals surface area contributed by atoms with Crippen molar-refractivity contribution in [3.63, 3.8) is 0 Å². The molecule has 1 atom stereocenters. The molecule has 5 nitrogen and oxygen atoms in total. The molecule has 1 heterocycles. The number of quaternary nitrogens is 1. The molecule has 84 valence electrons. The van der Waals surface area contributed by atoms with E-state index in [1.54, 1.807) is 0 Å². The molecule has 1 aliphatic heterocycles. The summed E-state index contributed by atoms with van der Waals surface area (Å²) in [5.74, 6) is -0.720. The maximum Gasteiger partial charge on any atom is 0.320 e. The van der Waals surface area contributed by atoms with Gasteiger partial charge in [0.25, 0.3) is 0 Å². The minimum atomic E-state index is -0.720. The van der Waals surface area contributed by atoms with Crippen LogP contribution in [0.25, 0.3) is 0 Å². The first-order valence-electron chi connectivity index (χ1n) is 4.74. The first-order valence-corrected chi connectivity index (χ1v) is 4.74. The maximum absolute atomic E-state index is 10.1. The highest BCUT2D eigenvalue weighted by Gasteiger charge is 2.20. The molecule has 5 heteroatoms. The number of rotatable bonds is 2. The second-order valence-electron chi connectivity index (χ2n) is 4.42. The summed E-state index contributed by atoms with van der Waals surface area (Å²) < 4.78 is 0.625. The molecule has 0 aliphatic carbocycles. The highest BCUT2D eigenvalue weighted by Crippen LogP contribution is 2.03. The highest BCUT2D eigenvalue weighted by atomic mass is 16.4. The number of carboxylic acid groups (broad SMARTS) is 1. The number of hydrogen-bond acceptors (Lipinski definition) is 3. The number of carboxylic acids is 1. The Balaban J connectivity index is 0.000000255. The molecule has 0 unspecified atom stereocenters. The highest BCUT2D eigenvalue weighted by molar-refractivity contribution is 5.73. The third-order valence-electron chi connectivity index (χ3n) is 1.78. The van der Waals surface area contributed by atoms with Gasteiger partial charge in [0, 0.05) is 0 Å². The van der Waals surface area contributed by atoms with Gasteiger partial charge in [0.2, 0.25) is 0 Å². The number of nitrogens with one attached hydrogen (secondary N) is 1. The zero-order chi connectivity index (χ0) is 11.2. The molecular formula is C9H21N2O3+. The molecule has 0 aromatic carbocycles. The van der Waals surface area contributed by atoms with E-state index in [1.807, 2.05) is 21.1 Å². The van der Waals surface area contributed by atoms with Crippen LogP contribution >= 0.6 is 0 Å². The Labute approximate surface area is 84.9 Å². The van der Waals surface area contributed by atoms with Crippen LogP contribution in [0.2, 0.25) is 0 Å². The first-order chi connectivity index (χ1) is 6.37. The van der Waals surface area contributed by atoms with Gasteiger partial charge in [-0.05, 0) is 19.4 Å². The summed E-state index contributed by atoms with van der Waals surface area (Å²) in [4.78, 5) is 10.1. The van der Waals surface area contributed by atoms with Gasteiger partial charge in [-0.1, -0.05) is 0 Å². The van der Waals surface area contributed by atoms with Crippen LogP contribution in [0.1, 0.15) is 12.8 Å². The SMILES string of the molecule is C[N+](C)(C)CO.O=C(O)[C@@H]1CCCN1. The fourth-order valence-corrected chi connectivity index (χ4v) is 0.895. The van der Waals surface area contributed by atoms with Crippen molar-refractivity contribution in [1.29, 1.82) is 0 Å². The second-order valence-corrected chi connectivity index (χ2v) is 4.42. The summed E-state index contributed by atoms with van der Waals surface area (Å²) in [6, 6.07) is -0.269.